The predicted molar refractivity (Wildman–Crippen MR) is 82.3 cm³/mol. The summed E-state index contributed by atoms with van der Waals surface area (Å²) >= 11 is 0. The molecular formula is C14H21N2NaO8S. The first-order valence-corrected chi connectivity index (χ1v) is 9.11. The van der Waals surface area contributed by atoms with Crippen molar-refractivity contribution in [2.24, 2.45) is 11.8 Å². The zero-order valence-corrected chi connectivity index (χ0v) is 18.2. The Bertz CT molecular complexity index is 678. The summed E-state index contributed by atoms with van der Waals surface area (Å²) < 4.78 is 32.8. The molecule has 12 heteroatoms. The smallest absolute Gasteiger partial charge is 0.747 e. The first kappa shape index (κ1) is 25.0. The molecule has 0 aromatic rings. The summed E-state index contributed by atoms with van der Waals surface area (Å²) in [6, 6.07) is 0. The van der Waals surface area contributed by atoms with E-state index in [1.54, 1.807) is 21.0 Å². The van der Waals surface area contributed by atoms with Crippen LogP contribution in [-0.2, 0) is 34.1 Å². The largest absolute Gasteiger partial charge is 1.00 e. The molecule has 1 aliphatic rings. The molecule has 3 atom stereocenters. The molecule has 0 saturated carbocycles. The Morgan fingerprint density at radius 1 is 1.35 bits per heavy atom. The maximum absolute atomic E-state index is 12.1. The van der Waals surface area contributed by atoms with Gasteiger partial charge in [-0.2, -0.15) is 0 Å². The molecule has 10 nitrogen and oxygen atoms in total. The van der Waals surface area contributed by atoms with Gasteiger partial charge in [0, 0.05) is 20.0 Å². The molecule has 1 saturated heterocycles. The van der Waals surface area contributed by atoms with E-state index in [1.165, 1.54) is 11.8 Å². The van der Waals surface area contributed by atoms with E-state index in [0.29, 0.717) is 6.42 Å². The van der Waals surface area contributed by atoms with Gasteiger partial charge in [-0.15, -0.1) is 5.06 Å². The molecule has 1 fully saturated rings. The first-order valence-electron chi connectivity index (χ1n) is 7.64. The number of imide groups is 1. The molecule has 3 amide bonds. The second kappa shape index (κ2) is 9.79. The summed E-state index contributed by atoms with van der Waals surface area (Å²) in [4.78, 5) is 53.5. The Hall–Kier alpha value is -1.01. The minimum Gasteiger partial charge on any atom is -0.747 e. The second-order valence-electron chi connectivity index (χ2n) is 6.10. The van der Waals surface area contributed by atoms with E-state index in [1.807, 2.05) is 0 Å². The number of amides is 3. The number of hydrogen-bond acceptors (Lipinski definition) is 8. The van der Waals surface area contributed by atoms with Crippen molar-refractivity contribution in [3.05, 3.63) is 0 Å². The normalized spacial score (nSPS) is 19.6. The fourth-order valence-corrected chi connectivity index (χ4v) is 3.10. The van der Waals surface area contributed by atoms with Crippen molar-refractivity contribution in [2.75, 3.05) is 14.1 Å². The van der Waals surface area contributed by atoms with Gasteiger partial charge in [0.2, 0.25) is 5.91 Å². The van der Waals surface area contributed by atoms with E-state index in [-0.39, 0.29) is 46.9 Å². The topological polar surface area (TPSA) is 141 Å². The molecule has 0 bridgehead atoms. The zero-order chi connectivity index (χ0) is 19.5. The first-order chi connectivity index (χ1) is 11.4. The van der Waals surface area contributed by atoms with Crippen molar-refractivity contribution in [3.63, 3.8) is 0 Å². The van der Waals surface area contributed by atoms with Gasteiger partial charge in [0.25, 0.3) is 11.8 Å². The van der Waals surface area contributed by atoms with E-state index in [4.69, 9.17) is 0 Å². The SMILES string of the molecule is CCC(CC(C)C(=O)ON1C(=O)CC(S(=O)(=O)[O-])C1=O)C(=O)N(C)C.[Na+]. The second-order valence-corrected chi connectivity index (χ2v) is 7.65. The molecule has 0 aromatic heterocycles. The van der Waals surface area contributed by atoms with Crippen LogP contribution in [0.4, 0.5) is 0 Å². The van der Waals surface area contributed by atoms with Crippen LogP contribution in [0, 0.1) is 11.8 Å². The van der Waals surface area contributed by atoms with E-state index >= 15 is 0 Å². The van der Waals surface area contributed by atoms with Gasteiger partial charge in [0.05, 0.1) is 12.3 Å². The van der Waals surface area contributed by atoms with Crippen LogP contribution >= 0.6 is 0 Å². The van der Waals surface area contributed by atoms with Gasteiger partial charge in [-0.3, -0.25) is 14.4 Å². The molecule has 0 spiro atoms. The van der Waals surface area contributed by atoms with Crippen LogP contribution in [0.1, 0.15) is 33.1 Å². The molecule has 0 N–H and O–H groups in total. The van der Waals surface area contributed by atoms with E-state index in [2.05, 4.69) is 4.84 Å². The van der Waals surface area contributed by atoms with Crippen LogP contribution in [0.15, 0.2) is 0 Å². The monoisotopic (exact) mass is 400 g/mol. The van der Waals surface area contributed by atoms with Gasteiger partial charge in [0.1, 0.15) is 15.4 Å². The fourth-order valence-electron chi connectivity index (χ4n) is 2.41. The summed E-state index contributed by atoms with van der Waals surface area (Å²) in [7, 11) is -1.86. The predicted octanol–water partition coefficient (Wildman–Crippen LogP) is -3.74. The van der Waals surface area contributed by atoms with Crippen LogP contribution in [0.2, 0.25) is 0 Å². The van der Waals surface area contributed by atoms with Crippen molar-refractivity contribution >= 4 is 33.8 Å². The van der Waals surface area contributed by atoms with Crippen LogP contribution < -0.4 is 29.6 Å². The molecule has 1 aliphatic heterocycles. The number of nitrogens with zero attached hydrogens (tertiary/aromatic N) is 2. The van der Waals surface area contributed by atoms with Crippen LogP contribution in [0.3, 0.4) is 0 Å². The number of hydroxylamine groups is 2. The van der Waals surface area contributed by atoms with Crippen LogP contribution in [0.5, 0.6) is 0 Å². The van der Waals surface area contributed by atoms with Crippen molar-refractivity contribution in [1.82, 2.24) is 9.96 Å². The summed E-state index contributed by atoms with van der Waals surface area (Å²) in [6.07, 6.45) is -0.248. The maximum Gasteiger partial charge on any atom is 1.00 e. The summed E-state index contributed by atoms with van der Waals surface area (Å²) in [5.41, 5.74) is 0. The average molecular weight is 400 g/mol. The van der Waals surface area contributed by atoms with Gasteiger partial charge >= 0.3 is 35.5 Å². The molecule has 1 heterocycles. The number of carbonyl (C=O) groups is 4. The third-order valence-electron chi connectivity index (χ3n) is 3.92. The molecule has 142 valence electrons. The van der Waals surface area contributed by atoms with Gasteiger partial charge < -0.3 is 14.3 Å². The van der Waals surface area contributed by atoms with Crippen molar-refractivity contribution < 1.29 is 66.5 Å². The summed E-state index contributed by atoms with van der Waals surface area (Å²) in [5.74, 6) is -4.86. The maximum atomic E-state index is 12.1. The Balaban J connectivity index is 0.00000625. The summed E-state index contributed by atoms with van der Waals surface area (Å²) in [6.45, 7) is 3.24. The van der Waals surface area contributed by atoms with E-state index in [0.717, 1.165) is 0 Å². The number of hydrogen-bond donors (Lipinski definition) is 0. The Labute approximate surface area is 174 Å². The van der Waals surface area contributed by atoms with Gasteiger partial charge in [-0.05, 0) is 12.8 Å². The molecular weight excluding hydrogens is 379 g/mol. The van der Waals surface area contributed by atoms with Crippen LogP contribution in [-0.4, -0.2) is 66.0 Å². The Kier molecular flexibility index (Phi) is 9.41. The number of rotatable bonds is 7. The van der Waals surface area contributed by atoms with Gasteiger partial charge in [0.15, 0.2) is 0 Å². The quantitative estimate of drug-likeness (QED) is 0.241. The van der Waals surface area contributed by atoms with Crippen molar-refractivity contribution in [3.8, 4) is 0 Å². The van der Waals surface area contributed by atoms with Crippen LogP contribution in [0.25, 0.3) is 0 Å². The molecule has 1 rings (SSSR count). The van der Waals surface area contributed by atoms with Crippen molar-refractivity contribution in [1.29, 1.82) is 0 Å². The third kappa shape index (κ3) is 6.02. The Morgan fingerprint density at radius 3 is 2.27 bits per heavy atom. The van der Waals surface area contributed by atoms with Gasteiger partial charge in [-0.1, -0.05) is 13.8 Å². The number of carbonyl (C=O) groups excluding carboxylic acids is 4. The minimum atomic E-state index is -5.02. The van der Waals surface area contributed by atoms with Crippen molar-refractivity contribution in [2.45, 2.75) is 38.4 Å². The van der Waals surface area contributed by atoms with E-state index < -0.39 is 51.4 Å². The standard InChI is InChI=1S/C14H22N2O8S.Na/c1-5-9(12(18)15(3)4)6-8(2)14(20)24-16-11(17)7-10(13(16)19)25(21,22)23;/h8-10H,5-7H2,1-4H3,(H,21,22,23);/q;+1/p-1. The van der Waals surface area contributed by atoms with Gasteiger partial charge in [-0.25, -0.2) is 13.2 Å². The van der Waals surface area contributed by atoms with E-state index in [9.17, 15) is 32.1 Å². The fraction of sp³-hybridized carbons (Fsp3) is 0.714. The summed E-state index contributed by atoms with van der Waals surface area (Å²) in [5, 5.41) is -2.06. The average Bonchev–Trinajstić information content (AvgIpc) is 2.79. The molecule has 0 aliphatic carbocycles. The Morgan fingerprint density at radius 2 is 1.88 bits per heavy atom. The third-order valence-corrected chi connectivity index (χ3v) is 4.98. The molecule has 26 heavy (non-hydrogen) atoms. The minimum absolute atomic E-state index is 0. The molecule has 0 radical (unpaired) electrons. The molecule has 3 unspecified atom stereocenters. The zero-order valence-electron chi connectivity index (χ0n) is 15.4. The molecule has 0 aromatic carbocycles.